The molecule has 2 N–H and O–H groups in total. The van der Waals surface area contributed by atoms with Gasteiger partial charge in [0.25, 0.3) is 5.91 Å². The molecule has 2 rings (SSSR count). The predicted octanol–water partition coefficient (Wildman–Crippen LogP) is 4.49. The second kappa shape index (κ2) is 6.91. The van der Waals surface area contributed by atoms with Crippen molar-refractivity contribution >= 4 is 44.9 Å². The lowest BCUT2D eigenvalue weighted by Gasteiger charge is -2.10. The summed E-state index contributed by atoms with van der Waals surface area (Å²) < 4.78 is 0.892. The number of hydrogen-bond donors (Lipinski definition) is 2. The van der Waals surface area contributed by atoms with Crippen LogP contribution in [-0.4, -0.2) is 17.4 Å². The lowest BCUT2D eigenvalue weighted by molar-refractivity contribution is 0.102. The Morgan fingerprint density at radius 3 is 2.81 bits per heavy atom. The van der Waals surface area contributed by atoms with Gasteiger partial charge in [-0.25, -0.2) is 4.98 Å². The zero-order chi connectivity index (χ0) is 15.4. The number of nitrogens with one attached hydrogen (secondary N) is 2. The molecule has 0 unspecified atom stereocenters. The van der Waals surface area contributed by atoms with Gasteiger partial charge in [-0.3, -0.25) is 4.79 Å². The van der Waals surface area contributed by atoms with Gasteiger partial charge in [0.2, 0.25) is 0 Å². The highest BCUT2D eigenvalue weighted by atomic mass is 79.9. The molecule has 0 aliphatic heterocycles. The first-order valence-corrected chi connectivity index (χ1v) is 7.66. The molecule has 0 fully saturated rings. The van der Waals surface area contributed by atoms with Crippen molar-refractivity contribution in [3.63, 3.8) is 0 Å². The molecule has 1 amide bonds. The van der Waals surface area contributed by atoms with Crippen LogP contribution in [0.25, 0.3) is 0 Å². The summed E-state index contributed by atoms with van der Waals surface area (Å²) in [7, 11) is 0. The van der Waals surface area contributed by atoms with E-state index in [0.717, 1.165) is 22.3 Å². The third kappa shape index (κ3) is 3.95. The predicted molar refractivity (Wildman–Crippen MR) is 90.2 cm³/mol. The maximum Gasteiger partial charge on any atom is 0.275 e. The fraction of sp³-hybridized carbons (Fsp3) is 0.200. The van der Waals surface area contributed by atoms with E-state index in [4.69, 9.17) is 11.6 Å². The smallest absolute Gasteiger partial charge is 0.275 e. The summed E-state index contributed by atoms with van der Waals surface area (Å²) in [6.45, 7) is 4.60. The van der Waals surface area contributed by atoms with Crippen molar-refractivity contribution in [2.75, 3.05) is 17.2 Å². The average Bonchev–Trinajstić information content (AvgIpc) is 2.45. The van der Waals surface area contributed by atoms with Crippen molar-refractivity contribution in [3.05, 3.63) is 51.1 Å². The molecule has 4 nitrogen and oxygen atoms in total. The molecule has 21 heavy (non-hydrogen) atoms. The SMILES string of the molecule is CCNc1ccc(Cl)c(C(=O)Nc2cc(Br)ccc2C)n1. The minimum absolute atomic E-state index is 0.203. The summed E-state index contributed by atoms with van der Waals surface area (Å²) >= 11 is 9.45. The van der Waals surface area contributed by atoms with E-state index in [1.165, 1.54) is 0 Å². The van der Waals surface area contributed by atoms with Crippen molar-refractivity contribution < 1.29 is 4.79 Å². The van der Waals surface area contributed by atoms with Crippen LogP contribution < -0.4 is 10.6 Å². The maximum atomic E-state index is 12.4. The van der Waals surface area contributed by atoms with Crippen molar-refractivity contribution in [2.45, 2.75) is 13.8 Å². The standard InChI is InChI=1S/C15H15BrClN3O/c1-3-18-13-7-6-11(17)14(20-13)15(21)19-12-8-10(16)5-4-9(12)2/h4-8H,3H2,1-2H3,(H,18,20)(H,19,21). The molecule has 1 aromatic heterocycles. The Morgan fingerprint density at radius 2 is 2.10 bits per heavy atom. The van der Waals surface area contributed by atoms with Gasteiger partial charge in [0.15, 0.2) is 0 Å². The van der Waals surface area contributed by atoms with Gasteiger partial charge in [-0.05, 0) is 43.7 Å². The van der Waals surface area contributed by atoms with Gasteiger partial charge >= 0.3 is 0 Å². The zero-order valence-electron chi connectivity index (χ0n) is 11.7. The van der Waals surface area contributed by atoms with Crippen LogP contribution in [-0.2, 0) is 0 Å². The molecular weight excluding hydrogens is 354 g/mol. The Bertz CT molecular complexity index is 676. The van der Waals surface area contributed by atoms with Crippen molar-refractivity contribution in [1.82, 2.24) is 4.98 Å². The second-order valence-electron chi connectivity index (χ2n) is 4.47. The number of aromatic nitrogens is 1. The quantitative estimate of drug-likeness (QED) is 0.836. The fourth-order valence-corrected chi connectivity index (χ4v) is 2.34. The number of pyridine rings is 1. The normalized spacial score (nSPS) is 10.3. The van der Waals surface area contributed by atoms with Crippen LogP contribution in [0.4, 0.5) is 11.5 Å². The number of anilines is 2. The highest BCUT2D eigenvalue weighted by molar-refractivity contribution is 9.10. The van der Waals surface area contributed by atoms with E-state index in [1.54, 1.807) is 12.1 Å². The van der Waals surface area contributed by atoms with Crippen LogP contribution in [0.3, 0.4) is 0 Å². The Hall–Kier alpha value is -1.59. The summed E-state index contributed by atoms with van der Waals surface area (Å²) in [6, 6.07) is 9.09. The number of hydrogen-bond acceptors (Lipinski definition) is 3. The summed E-state index contributed by atoms with van der Waals surface area (Å²) in [4.78, 5) is 16.6. The van der Waals surface area contributed by atoms with Crippen LogP contribution in [0.1, 0.15) is 23.0 Å². The van der Waals surface area contributed by atoms with E-state index in [9.17, 15) is 4.79 Å². The number of rotatable bonds is 4. The third-order valence-corrected chi connectivity index (χ3v) is 3.67. The highest BCUT2D eigenvalue weighted by Crippen LogP contribution is 2.23. The van der Waals surface area contributed by atoms with Gasteiger partial charge < -0.3 is 10.6 Å². The highest BCUT2D eigenvalue weighted by Gasteiger charge is 2.14. The monoisotopic (exact) mass is 367 g/mol. The van der Waals surface area contributed by atoms with Crippen molar-refractivity contribution in [3.8, 4) is 0 Å². The Morgan fingerprint density at radius 1 is 1.33 bits per heavy atom. The number of aryl methyl sites for hydroxylation is 1. The first-order valence-electron chi connectivity index (χ1n) is 6.49. The molecule has 110 valence electrons. The van der Waals surface area contributed by atoms with Gasteiger partial charge in [0.1, 0.15) is 11.5 Å². The van der Waals surface area contributed by atoms with Crippen LogP contribution in [0.2, 0.25) is 5.02 Å². The van der Waals surface area contributed by atoms with E-state index in [-0.39, 0.29) is 11.6 Å². The van der Waals surface area contributed by atoms with Gasteiger partial charge in [0.05, 0.1) is 5.02 Å². The molecule has 1 heterocycles. The number of amides is 1. The number of carbonyl (C=O) groups excluding carboxylic acids is 1. The topological polar surface area (TPSA) is 54.0 Å². The van der Waals surface area contributed by atoms with Crippen molar-refractivity contribution in [2.24, 2.45) is 0 Å². The molecule has 0 bridgehead atoms. The molecule has 6 heteroatoms. The molecule has 0 saturated heterocycles. The van der Waals surface area contributed by atoms with Crippen LogP contribution in [0, 0.1) is 6.92 Å². The van der Waals surface area contributed by atoms with Gasteiger partial charge in [-0.1, -0.05) is 33.6 Å². The van der Waals surface area contributed by atoms with E-state index >= 15 is 0 Å². The van der Waals surface area contributed by atoms with Crippen LogP contribution in [0.15, 0.2) is 34.8 Å². The number of benzene rings is 1. The maximum absolute atomic E-state index is 12.4. The van der Waals surface area contributed by atoms with E-state index in [1.807, 2.05) is 32.0 Å². The van der Waals surface area contributed by atoms with Gasteiger partial charge in [-0.15, -0.1) is 0 Å². The minimum Gasteiger partial charge on any atom is -0.370 e. The summed E-state index contributed by atoms with van der Waals surface area (Å²) in [5.41, 5.74) is 1.89. The summed E-state index contributed by atoms with van der Waals surface area (Å²) in [6.07, 6.45) is 0. The lowest BCUT2D eigenvalue weighted by Crippen LogP contribution is -2.16. The largest absolute Gasteiger partial charge is 0.370 e. The first-order chi connectivity index (χ1) is 10.0. The zero-order valence-corrected chi connectivity index (χ0v) is 14.0. The molecule has 0 atom stereocenters. The number of carbonyl (C=O) groups is 1. The fourth-order valence-electron chi connectivity index (χ4n) is 1.79. The van der Waals surface area contributed by atoms with E-state index in [0.29, 0.717) is 10.8 Å². The van der Waals surface area contributed by atoms with Crippen LogP contribution in [0.5, 0.6) is 0 Å². The molecule has 0 radical (unpaired) electrons. The molecular formula is C15H15BrClN3O. The summed E-state index contributed by atoms with van der Waals surface area (Å²) in [5.74, 6) is 0.291. The van der Waals surface area contributed by atoms with E-state index in [2.05, 4.69) is 31.5 Å². The minimum atomic E-state index is -0.332. The molecule has 0 saturated carbocycles. The Balaban J connectivity index is 2.27. The van der Waals surface area contributed by atoms with Gasteiger partial charge in [0, 0.05) is 16.7 Å². The number of halogens is 2. The third-order valence-electron chi connectivity index (χ3n) is 2.87. The van der Waals surface area contributed by atoms with E-state index < -0.39 is 0 Å². The Labute approximate surface area is 137 Å². The van der Waals surface area contributed by atoms with Crippen molar-refractivity contribution in [1.29, 1.82) is 0 Å². The molecule has 0 spiro atoms. The molecule has 2 aromatic rings. The average molecular weight is 369 g/mol. The molecule has 1 aromatic carbocycles. The lowest BCUT2D eigenvalue weighted by atomic mass is 10.2. The number of nitrogens with zero attached hydrogens (tertiary/aromatic N) is 1. The first kappa shape index (κ1) is 15.8. The van der Waals surface area contributed by atoms with Crippen LogP contribution >= 0.6 is 27.5 Å². The Kier molecular flexibility index (Phi) is 5.20. The second-order valence-corrected chi connectivity index (χ2v) is 5.79. The summed E-state index contributed by atoms with van der Waals surface area (Å²) in [5, 5.41) is 6.21. The molecule has 0 aliphatic carbocycles. The van der Waals surface area contributed by atoms with Gasteiger partial charge in [-0.2, -0.15) is 0 Å². The molecule has 0 aliphatic rings.